The van der Waals surface area contributed by atoms with Gasteiger partial charge in [-0.2, -0.15) is 0 Å². The number of carbonyl (C=O) groups excluding carboxylic acids is 2. The molecule has 0 bridgehead atoms. The predicted octanol–water partition coefficient (Wildman–Crippen LogP) is 4.68. The highest BCUT2D eigenvalue weighted by atomic mass is 16.2. The van der Waals surface area contributed by atoms with E-state index in [1.807, 2.05) is 29.2 Å². The van der Waals surface area contributed by atoms with Gasteiger partial charge in [-0.25, -0.2) is 0 Å². The van der Waals surface area contributed by atoms with Crippen LogP contribution < -0.4 is 10.2 Å². The van der Waals surface area contributed by atoms with Crippen molar-refractivity contribution in [3.8, 4) is 0 Å². The molecule has 0 aliphatic heterocycles. The maximum atomic E-state index is 12.2. The van der Waals surface area contributed by atoms with Gasteiger partial charge in [0.1, 0.15) is 0 Å². The van der Waals surface area contributed by atoms with Gasteiger partial charge in [0, 0.05) is 49.9 Å². The molecule has 1 aromatic rings. The van der Waals surface area contributed by atoms with Crippen LogP contribution in [0.4, 0.5) is 11.4 Å². The number of nitrogens with zero attached hydrogens (tertiary/aromatic N) is 2. The lowest BCUT2D eigenvalue weighted by Crippen LogP contribution is -2.32. The molecule has 1 rings (SSSR count). The minimum absolute atomic E-state index is 0.0377. The fourth-order valence-electron chi connectivity index (χ4n) is 3.26. The summed E-state index contributed by atoms with van der Waals surface area (Å²) in [5, 5.41) is 2.93. The molecule has 1 aromatic carbocycles. The van der Waals surface area contributed by atoms with E-state index in [2.05, 4.69) is 44.8 Å². The lowest BCUT2D eigenvalue weighted by molar-refractivity contribution is -0.131. The number of hydrogen-bond donors (Lipinski definition) is 1. The topological polar surface area (TPSA) is 52.7 Å². The summed E-state index contributed by atoms with van der Waals surface area (Å²) in [5.41, 5.74) is 1.96. The van der Waals surface area contributed by atoms with Crippen molar-refractivity contribution in [1.82, 2.24) is 4.90 Å². The number of amides is 2. The molecule has 0 heterocycles. The molecule has 0 fully saturated rings. The smallest absolute Gasteiger partial charge is 0.224 e. The molecule has 0 aliphatic carbocycles. The first-order valence-corrected chi connectivity index (χ1v) is 10.4. The second-order valence-electron chi connectivity index (χ2n) is 7.21. The molecule has 152 valence electrons. The SMILES string of the molecule is CCCN(CCC)C(=O)CCCC(=O)Nc1ccc(N(CC)C(C)C)cc1. The van der Waals surface area contributed by atoms with Gasteiger partial charge in [0.25, 0.3) is 0 Å². The van der Waals surface area contributed by atoms with Crippen LogP contribution >= 0.6 is 0 Å². The van der Waals surface area contributed by atoms with Crippen molar-refractivity contribution in [3.05, 3.63) is 24.3 Å². The van der Waals surface area contributed by atoms with Gasteiger partial charge in [-0.15, -0.1) is 0 Å². The van der Waals surface area contributed by atoms with Crippen LogP contribution in [0.25, 0.3) is 0 Å². The summed E-state index contributed by atoms with van der Waals surface area (Å²) < 4.78 is 0. The second-order valence-corrected chi connectivity index (χ2v) is 7.21. The molecule has 0 atom stereocenters. The summed E-state index contributed by atoms with van der Waals surface area (Å²) in [6, 6.07) is 8.39. The largest absolute Gasteiger partial charge is 0.369 e. The molecular formula is C22H37N3O2. The average Bonchev–Trinajstić information content (AvgIpc) is 2.63. The molecule has 2 amide bonds. The Morgan fingerprint density at radius 3 is 2.04 bits per heavy atom. The highest BCUT2D eigenvalue weighted by Crippen LogP contribution is 2.20. The first-order valence-electron chi connectivity index (χ1n) is 10.4. The zero-order chi connectivity index (χ0) is 20.2. The summed E-state index contributed by atoms with van der Waals surface area (Å²) >= 11 is 0. The summed E-state index contributed by atoms with van der Waals surface area (Å²) in [5.74, 6) is 0.119. The first-order chi connectivity index (χ1) is 12.9. The third-order valence-electron chi connectivity index (χ3n) is 4.58. The van der Waals surface area contributed by atoms with Crippen LogP contribution in [0.5, 0.6) is 0 Å². The Morgan fingerprint density at radius 2 is 1.56 bits per heavy atom. The zero-order valence-electron chi connectivity index (χ0n) is 17.8. The van der Waals surface area contributed by atoms with Gasteiger partial charge in [0.05, 0.1) is 0 Å². The normalized spacial score (nSPS) is 10.7. The fourth-order valence-corrected chi connectivity index (χ4v) is 3.26. The molecule has 1 N–H and O–H groups in total. The first kappa shape index (κ1) is 23.0. The van der Waals surface area contributed by atoms with Crippen molar-refractivity contribution < 1.29 is 9.59 Å². The maximum Gasteiger partial charge on any atom is 0.224 e. The monoisotopic (exact) mass is 375 g/mol. The molecule has 5 heteroatoms. The summed E-state index contributed by atoms with van der Waals surface area (Å²) in [7, 11) is 0. The van der Waals surface area contributed by atoms with Crippen LogP contribution in [0.1, 0.15) is 66.7 Å². The third-order valence-corrected chi connectivity index (χ3v) is 4.58. The van der Waals surface area contributed by atoms with E-state index in [1.54, 1.807) is 0 Å². The van der Waals surface area contributed by atoms with E-state index in [4.69, 9.17) is 0 Å². The molecule has 0 saturated carbocycles. The number of benzene rings is 1. The quantitative estimate of drug-likeness (QED) is 0.577. The minimum atomic E-state index is -0.0377. The number of carbonyl (C=O) groups is 2. The van der Waals surface area contributed by atoms with E-state index in [0.29, 0.717) is 25.3 Å². The Labute approximate surface area is 165 Å². The predicted molar refractivity (Wildman–Crippen MR) is 114 cm³/mol. The maximum absolute atomic E-state index is 12.2. The molecule has 5 nitrogen and oxygen atoms in total. The molecule has 0 unspecified atom stereocenters. The molecule has 0 aliphatic rings. The van der Waals surface area contributed by atoms with Gasteiger partial charge in [-0.1, -0.05) is 13.8 Å². The van der Waals surface area contributed by atoms with Crippen LogP contribution in [0.3, 0.4) is 0 Å². The van der Waals surface area contributed by atoms with Crippen molar-refractivity contribution in [2.45, 2.75) is 72.8 Å². The Bertz CT molecular complexity index is 563. The van der Waals surface area contributed by atoms with Crippen molar-refractivity contribution in [1.29, 1.82) is 0 Å². The van der Waals surface area contributed by atoms with Gasteiger partial charge in [-0.05, 0) is 64.3 Å². The highest BCUT2D eigenvalue weighted by Gasteiger charge is 2.13. The highest BCUT2D eigenvalue weighted by molar-refractivity contribution is 5.91. The summed E-state index contributed by atoms with van der Waals surface area (Å²) in [6.45, 7) is 13.2. The molecule has 0 saturated heterocycles. The fraction of sp³-hybridized carbons (Fsp3) is 0.636. The average molecular weight is 376 g/mol. The number of anilines is 2. The minimum Gasteiger partial charge on any atom is -0.369 e. The van der Waals surface area contributed by atoms with Crippen LogP contribution in [0.15, 0.2) is 24.3 Å². The van der Waals surface area contributed by atoms with E-state index < -0.39 is 0 Å². The Morgan fingerprint density at radius 1 is 0.963 bits per heavy atom. The zero-order valence-corrected chi connectivity index (χ0v) is 17.8. The van der Waals surface area contributed by atoms with Crippen LogP contribution in [0, 0.1) is 0 Å². The molecule has 0 aromatic heterocycles. The molecular weight excluding hydrogens is 338 g/mol. The van der Waals surface area contributed by atoms with Gasteiger partial charge >= 0.3 is 0 Å². The van der Waals surface area contributed by atoms with Crippen molar-refractivity contribution in [2.75, 3.05) is 29.9 Å². The van der Waals surface area contributed by atoms with Gasteiger partial charge in [0.2, 0.25) is 11.8 Å². The van der Waals surface area contributed by atoms with Crippen molar-refractivity contribution in [3.63, 3.8) is 0 Å². The van der Waals surface area contributed by atoms with Crippen LogP contribution in [-0.2, 0) is 9.59 Å². The van der Waals surface area contributed by atoms with E-state index in [-0.39, 0.29) is 11.8 Å². The second kappa shape index (κ2) is 12.4. The lowest BCUT2D eigenvalue weighted by atomic mass is 10.2. The van der Waals surface area contributed by atoms with Gasteiger partial charge < -0.3 is 15.1 Å². The van der Waals surface area contributed by atoms with E-state index in [9.17, 15) is 9.59 Å². The molecule has 27 heavy (non-hydrogen) atoms. The standard InChI is InChI=1S/C22H37N3O2/c1-6-16-24(17-7-2)22(27)11-9-10-21(26)23-19-12-14-20(15-13-19)25(8-3)18(4)5/h12-15,18H,6-11,16-17H2,1-5H3,(H,23,26). The lowest BCUT2D eigenvalue weighted by Gasteiger charge is -2.27. The van der Waals surface area contributed by atoms with Crippen LogP contribution in [0.2, 0.25) is 0 Å². The number of hydrogen-bond acceptors (Lipinski definition) is 3. The Hall–Kier alpha value is -2.04. The molecule has 0 spiro atoms. The van der Waals surface area contributed by atoms with E-state index in [1.165, 1.54) is 0 Å². The van der Waals surface area contributed by atoms with Crippen molar-refractivity contribution >= 4 is 23.2 Å². The van der Waals surface area contributed by atoms with Crippen LogP contribution in [-0.4, -0.2) is 42.4 Å². The van der Waals surface area contributed by atoms with Gasteiger partial charge in [0.15, 0.2) is 0 Å². The van der Waals surface area contributed by atoms with E-state index in [0.717, 1.165) is 43.9 Å². The summed E-state index contributed by atoms with van der Waals surface area (Å²) in [4.78, 5) is 28.6. The molecule has 0 radical (unpaired) electrons. The number of nitrogens with one attached hydrogen (secondary N) is 1. The number of rotatable bonds is 12. The summed E-state index contributed by atoms with van der Waals surface area (Å²) in [6.07, 6.45) is 3.32. The van der Waals surface area contributed by atoms with Crippen molar-refractivity contribution in [2.24, 2.45) is 0 Å². The Balaban J connectivity index is 2.45. The van der Waals surface area contributed by atoms with Gasteiger partial charge in [-0.3, -0.25) is 9.59 Å². The third kappa shape index (κ3) is 8.02. The Kier molecular flexibility index (Phi) is 10.5. The van der Waals surface area contributed by atoms with E-state index >= 15 is 0 Å².